The molecule has 2 nitrogen and oxygen atoms in total. The van der Waals surface area contributed by atoms with E-state index < -0.39 is 0 Å². The molecule has 3 heteroatoms. The molecule has 0 fully saturated rings. The SMILES string of the molecule is Cc1c(N)cc(Br)cc1C(=O)C1=CCCCCC1. The first-order valence-corrected chi connectivity index (χ1v) is 7.18. The number of hydrogen-bond donors (Lipinski definition) is 1. The van der Waals surface area contributed by atoms with Crippen LogP contribution in [0, 0.1) is 6.92 Å². The van der Waals surface area contributed by atoms with E-state index >= 15 is 0 Å². The van der Waals surface area contributed by atoms with Crippen LogP contribution in [0.5, 0.6) is 0 Å². The Morgan fingerprint density at radius 3 is 2.83 bits per heavy atom. The fourth-order valence-electron chi connectivity index (χ4n) is 2.33. The normalized spacial score (nSPS) is 16.0. The number of nitrogen functional groups attached to an aromatic ring is 1. The molecule has 0 aliphatic heterocycles. The molecule has 0 unspecified atom stereocenters. The molecule has 1 aliphatic rings. The van der Waals surface area contributed by atoms with E-state index in [0.717, 1.165) is 40.4 Å². The molecule has 18 heavy (non-hydrogen) atoms. The number of ketones is 1. The summed E-state index contributed by atoms with van der Waals surface area (Å²) < 4.78 is 0.864. The van der Waals surface area contributed by atoms with E-state index in [2.05, 4.69) is 22.0 Å². The first-order valence-electron chi connectivity index (χ1n) is 6.39. The van der Waals surface area contributed by atoms with Gasteiger partial charge in [-0.3, -0.25) is 4.79 Å². The minimum atomic E-state index is 0.141. The lowest BCUT2D eigenvalue weighted by Crippen LogP contribution is -2.07. The Labute approximate surface area is 116 Å². The summed E-state index contributed by atoms with van der Waals surface area (Å²) in [7, 11) is 0. The Hall–Kier alpha value is -1.09. The second-order valence-electron chi connectivity index (χ2n) is 4.83. The number of Topliss-reactive ketones (excluding diaryl/α,β-unsaturated/α-hetero) is 1. The number of nitrogens with two attached hydrogens (primary N) is 1. The van der Waals surface area contributed by atoms with Gasteiger partial charge in [-0.15, -0.1) is 0 Å². The molecule has 1 aromatic carbocycles. The van der Waals surface area contributed by atoms with Gasteiger partial charge in [0.05, 0.1) is 0 Å². The smallest absolute Gasteiger partial charge is 0.189 e. The van der Waals surface area contributed by atoms with Crippen molar-refractivity contribution in [2.24, 2.45) is 0 Å². The van der Waals surface area contributed by atoms with Crippen molar-refractivity contribution in [1.82, 2.24) is 0 Å². The van der Waals surface area contributed by atoms with Crippen molar-refractivity contribution < 1.29 is 4.79 Å². The molecule has 96 valence electrons. The largest absolute Gasteiger partial charge is 0.398 e. The van der Waals surface area contributed by atoms with Crippen LogP contribution in [0.3, 0.4) is 0 Å². The van der Waals surface area contributed by atoms with Crippen molar-refractivity contribution in [3.05, 3.63) is 39.4 Å². The molecule has 1 aromatic rings. The molecular weight excluding hydrogens is 290 g/mol. The van der Waals surface area contributed by atoms with Gasteiger partial charge in [-0.25, -0.2) is 0 Å². The quantitative estimate of drug-likeness (QED) is 0.649. The van der Waals surface area contributed by atoms with E-state index in [9.17, 15) is 4.79 Å². The van der Waals surface area contributed by atoms with Crippen LogP contribution in [-0.2, 0) is 0 Å². The first kappa shape index (κ1) is 13.3. The summed E-state index contributed by atoms with van der Waals surface area (Å²) >= 11 is 3.40. The maximum Gasteiger partial charge on any atom is 0.189 e. The van der Waals surface area contributed by atoms with Crippen molar-refractivity contribution in [3.63, 3.8) is 0 Å². The van der Waals surface area contributed by atoms with Crippen LogP contribution in [0.15, 0.2) is 28.3 Å². The Morgan fingerprint density at radius 2 is 2.06 bits per heavy atom. The van der Waals surface area contributed by atoms with Gasteiger partial charge >= 0.3 is 0 Å². The highest BCUT2D eigenvalue weighted by atomic mass is 79.9. The van der Waals surface area contributed by atoms with Crippen LogP contribution in [0.1, 0.15) is 48.0 Å². The number of carbonyl (C=O) groups is 1. The highest BCUT2D eigenvalue weighted by Crippen LogP contribution is 2.27. The van der Waals surface area contributed by atoms with Crippen LogP contribution in [0.25, 0.3) is 0 Å². The Balaban J connectivity index is 2.36. The van der Waals surface area contributed by atoms with Gasteiger partial charge in [0.2, 0.25) is 0 Å². The predicted molar refractivity (Wildman–Crippen MR) is 78.8 cm³/mol. The van der Waals surface area contributed by atoms with Gasteiger partial charge in [0, 0.05) is 15.7 Å². The van der Waals surface area contributed by atoms with Gasteiger partial charge in [-0.2, -0.15) is 0 Å². The van der Waals surface area contributed by atoms with Gasteiger partial charge in [-0.1, -0.05) is 28.4 Å². The summed E-state index contributed by atoms with van der Waals surface area (Å²) in [6.07, 6.45) is 7.53. The van der Waals surface area contributed by atoms with Gasteiger partial charge in [0.15, 0.2) is 5.78 Å². The molecule has 0 atom stereocenters. The van der Waals surface area contributed by atoms with E-state index in [1.54, 1.807) is 0 Å². The maximum absolute atomic E-state index is 12.5. The predicted octanol–water partition coefficient (Wildman–Crippen LogP) is 4.41. The van der Waals surface area contributed by atoms with E-state index in [0.29, 0.717) is 5.69 Å². The number of hydrogen-bond acceptors (Lipinski definition) is 2. The van der Waals surface area contributed by atoms with Crippen molar-refractivity contribution >= 4 is 27.4 Å². The molecule has 0 saturated carbocycles. The van der Waals surface area contributed by atoms with Crippen LogP contribution in [-0.4, -0.2) is 5.78 Å². The standard InChI is InChI=1S/C15H18BrNO/c1-10-13(8-12(16)9-14(10)17)15(18)11-6-4-2-3-5-7-11/h6,8-9H,2-5,7,17H2,1H3. The van der Waals surface area contributed by atoms with Crippen LogP contribution < -0.4 is 5.73 Å². The summed E-state index contributed by atoms with van der Waals surface area (Å²) in [4.78, 5) is 12.5. The summed E-state index contributed by atoms with van der Waals surface area (Å²) in [5.41, 5.74) is 9.15. The monoisotopic (exact) mass is 307 g/mol. The van der Waals surface area contributed by atoms with Gasteiger partial charge in [-0.05, 0) is 55.9 Å². The van der Waals surface area contributed by atoms with Crippen LogP contribution >= 0.6 is 15.9 Å². The molecular formula is C15H18BrNO. The minimum Gasteiger partial charge on any atom is -0.398 e. The summed E-state index contributed by atoms with van der Waals surface area (Å²) in [6.45, 7) is 1.91. The van der Waals surface area contributed by atoms with Crippen molar-refractivity contribution in [1.29, 1.82) is 0 Å². The zero-order chi connectivity index (χ0) is 13.1. The molecule has 2 rings (SSSR count). The lowest BCUT2D eigenvalue weighted by Gasteiger charge is -2.10. The lowest BCUT2D eigenvalue weighted by atomic mass is 9.95. The molecule has 0 saturated heterocycles. The summed E-state index contributed by atoms with van der Waals surface area (Å²) in [5.74, 6) is 0.141. The third kappa shape index (κ3) is 2.83. The number of anilines is 1. The van der Waals surface area contributed by atoms with E-state index in [1.807, 2.05) is 19.1 Å². The first-order chi connectivity index (χ1) is 8.59. The number of halogens is 1. The van der Waals surface area contributed by atoms with Gasteiger partial charge in [0.1, 0.15) is 0 Å². The molecule has 0 spiro atoms. The topological polar surface area (TPSA) is 43.1 Å². The summed E-state index contributed by atoms with van der Waals surface area (Å²) in [6, 6.07) is 3.72. The van der Waals surface area contributed by atoms with Crippen molar-refractivity contribution in [3.8, 4) is 0 Å². The maximum atomic E-state index is 12.5. The average Bonchev–Trinajstić information content (AvgIpc) is 2.61. The molecule has 0 amide bonds. The average molecular weight is 308 g/mol. The molecule has 1 aliphatic carbocycles. The molecule has 0 aromatic heterocycles. The fourth-order valence-corrected chi connectivity index (χ4v) is 2.81. The van der Waals surface area contributed by atoms with Crippen molar-refractivity contribution in [2.45, 2.75) is 39.0 Å². The third-order valence-corrected chi connectivity index (χ3v) is 3.95. The van der Waals surface area contributed by atoms with Gasteiger partial charge in [0.25, 0.3) is 0 Å². The zero-order valence-electron chi connectivity index (χ0n) is 10.6. The molecule has 0 bridgehead atoms. The van der Waals surface area contributed by atoms with E-state index in [-0.39, 0.29) is 5.78 Å². The second-order valence-corrected chi connectivity index (χ2v) is 5.74. The number of benzene rings is 1. The van der Waals surface area contributed by atoms with Gasteiger partial charge < -0.3 is 5.73 Å². The minimum absolute atomic E-state index is 0.141. The highest BCUT2D eigenvalue weighted by Gasteiger charge is 2.17. The Morgan fingerprint density at radius 1 is 1.28 bits per heavy atom. The number of allylic oxidation sites excluding steroid dienone is 2. The molecule has 0 heterocycles. The van der Waals surface area contributed by atoms with E-state index in [1.165, 1.54) is 12.8 Å². The van der Waals surface area contributed by atoms with Crippen LogP contribution in [0.4, 0.5) is 5.69 Å². The van der Waals surface area contributed by atoms with E-state index in [4.69, 9.17) is 5.73 Å². The number of carbonyl (C=O) groups excluding carboxylic acids is 1. The second kappa shape index (κ2) is 5.70. The highest BCUT2D eigenvalue weighted by molar-refractivity contribution is 9.10. The van der Waals surface area contributed by atoms with Crippen LogP contribution in [0.2, 0.25) is 0 Å². The Kier molecular flexibility index (Phi) is 4.23. The third-order valence-electron chi connectivity index (χ3n) is 3.49. The zero-order valence-corrected chi connectivity index (χ0v) is 12.2. The molecule has 2 N–H and O–H groups in total. The van der Waals surface area contributed by atoms with Crippen molar-refractivity contribution in [2.75, 3.05) is 5.73 Å². The fraction of sp³-hybridized carbons (Fsp3) is 0.400. The summed E-state index contributed by atoms with van der Waals surface area (Å²) in [5, 5.41) is 0. The Bertz CT molecular complexity index is 505. The number of rotatable bonds is 2. The molecule has 0 radical (unpaired) electrons. The lowest BCUT2D eigenvalue weighted by molar-refractivity contribution is 0.103.